The van der Waals surface area contributed by atoms with E-state index >= 15 is 0 Å². The molecule has 0 saturated heterocycles. The summed E-state index contributed by atoms with van der Waals surface area (Å²) < 4.78 is 17.1. The number of aromatic hydroxyl groups is 1. The number of phenolic OH excluding ortho intramolecular Hbond substituents is 1. The molecule has 3 aromatic rings. The molecule has 2 atom stereocenters. The van der Waals surface area contributed by atoms with E-state index in [-0.39, 0.29) is 17.3 Å². The molecule has 1 aliphatic heterocycles. The molecule has 0 amide bonds. The van der Waals surface area contributed by atoms with Gasteiger partial charge in [-0.05, 0) is 17.7 Å². The van der Waals surface area contributed by atoms with E-state index in [1.807, 2.05) is 37.3 Å². The van der Waals surface area contributed by atoms with Crippen LogP contribution in [0.25, 0.3) is 11.0 Å². The second-order valence-corrected chi connectivity index (χ2v) is 6.42. The summed E-state index contributed by atoms with van der Waals surface area (Å²) in [6, 6.07) is 14.4. The molecule has 1 aromatic heterocycles. The molecule has 0 radical (unpaired) electrons. The van der Waals surface area contributed by atoms with Crippen molar-refractivity contribution in [3.63, 3.8) is 0 Å². The minimum atomic E-state index is -0.869. The first-order chi connectivity index (χ1) is 12.0. The lowest BCUT2D eigenvalue weighted by atomic mass is 9.83. The molecule has 5 nitrogen and oxygen atoms in total. The van der Waals surface area contributed by atoms with Crippen LogP contribution in [0.3, 0.4) is 0 Å². The smallest absolute Gasteiger partial charge is 0.343 e. The molecule has 5 heteroatoms. The van der Waals surface area contributed by atoms with Crippen molar-refractivity contribution in [2.45, 2.75) is 25.0 Å². The van der Waals surface area contributed by atoms with Crippen molar-refractivity contribution in [3.8, 4) is 11.5 Å². The lowest BCUT2D eigenvalue weighted by Gasteiger charge is -2.38. The largest absolute Gasteiger partial charge is 0.508 e. The fraction of sp³-hybridized carbons (Fsp3) is 0.250. The zero-order chi connectivity index (χ0) is 17.6. The maximum atomic E-state index is 12.7. The number of fused-ring (bicyclic) bond motifs is 3. The van der Waals surface area contributed by atoms with Gasteiger partial charge in [0.2, 0.25) is 5.79 Å². The van der Waals surface area contributed by atoms with Crippen LogP contribution in [0.4, 0.5) is 0 Å². The first-order valence-corrected chi connectivity index (χ1v) is 8.09. The van der Waals surface area contributed by atoms with Gasteiger partial charge in [-0.2, -0.15) is 0 Å². The van der Waals surface area contributed by atoms with Gasteiger partial charge < -0.3 is 19.0 Å². The molecule has 0 saturated carbocycles. The van der Waals surface area contributed by atoms with Gasteiger partial charge in [-0.15, -0.1) is 0 Å². The second kappa shape index (κ2) is 5.63. The summed E-state index contributed by atoms with van der Waals surface area (Å²) in [6.45, 7) is 1.85. The van der Waals surface area contributed by atoms with Gasteiger partial charge in [-0.25, -0.2) is 4.79 Å². The van der Waals surface area contributed by atoms with E-state index in [2.05, 4.69) is 0 Å². The third-order valence-corrected chi connectivity index (χ3v) is 4.75. The van der Waals surface area contributed by atoms with Gasteiger partial charge in [0, 0.05) is 32.4 Å². The van der Waals surface area contributed by atoms with Crippen molar-refractivity contribution >= 4 is 11.0 Å². The highest BCUT2D eigenvalue weighted by molar-refractivity contribution is 5.86. The molecule has 1 unspecified atom stereocenters. The summed E-state index contributed by atoms with van der Waals surface area (Å²) in [4.78, 5) is 12.7. The average Bonchev–Trinajstić information content (AvgIpc) is 2.61. The normalized spacial score (nSPS) is 22.4. The fourth-order valence-corrected chi connectivity index (χ4v) is 3.41. The number of ether oxygens (including phenoxy) is 2. The van der Waals surface area contributed by atoms with Crippen LogP contribution in [-0.4, -0.2) is 18.0 Å². The molecule has 0 spiro atoms. The van der Waals surface area contributed by atoms with E-state index in [1.165, 1.54) is 6.07 Å². The molecule has 4 rings (SSSR count). The van der Waals surface area contributed by atoms with Gasteiger partial charge in [0.25, 0.3) is 0 Å². The minimum Gasteiger partial charge on any atom is -0.508 e. The summed E-state index contributed by atoms with van der Waals surface area (Å²) in [5, 5.41) is 10.3. The van der Waals surface area contributed by atoms with Crippen molar-refractivity contribution < 1.29 is 19.0 Å². The van der Waals surface area contributed by atoms with Gasteiger partial charge in [0.05, 0.1) is 10.9 Å². The zero-order valence-corrected chi connectivity index (χ0v) is 14.0. The maximum absolute atomic E-state index is 12.7. The molecule has 2 aromatic carbocycles. The van der Waals surface area contributed by atoms with Gasteiger partial charge in [0.15, 0.2) is 0 Å². The number of hydrogen-bond donors (Lipinski definition) is 1. The molecule has 0 aliphatic carbocycles. The van der Waals surface area contributed by atoms with Crippen molar-refractivity contribution in [3.05, 3.63) is 70.1 Å². The first kappa shape index (κ1) is 15.7. The second-order valence-electron chi connectivity index (χ2n) is 6.42. The highest BCUT2D eigenvalue weighted by atomic mass is 16.7. The topological polar surface area (TPSA) is 68.9 Å². The van der Waals surface area contributed by atoms with Gasteiger partial charge in [-0.3, -0.25) is 0 Å². The Labute approximate surface area is 144 Å². The van der Waals surface area contributed by atoms with Gasteiger partial charge >= 0.3 is 5.63 Å². The molecule has 128 valence electrons. The predicted molar refractivity (Wildman–Crippen MR) is 93.1 cm³/mol. The summed E-state index contributed by atoms with van der Waals surface area (Å²) in [6.07, 6.45) is 0.495. The van der Waals surface area contributed by atoms with E-state index in [4.69, 9.17) is 13.9 Å². The summed E-state index contributed by atoms with van der Waals surface area (Å²) >= 11 is 0. The zero-order valence-electron chi connectivity index (χ0n) is 14.0. The van der Waals surface area contributed by atoms with Crippen LogP contribution in [0.5, 0.6) is 11.5 Å². The predicted octanol–water partition coefficient (Wildman–Crippen LogP) is 3.78. The Kier molecular flexibility index (Phi) is 3.54. The maximum Gasteiger partial charge on any atom is 0.343 e. The van der Waals surface area contributed by atoms with Crippen molar-refractivity contribution in [2.24, 2.45) is 0 Å². The Morgan fingerprint density at radius 3 is 2.68 bits per heavy atom. The number of benzene rings is 2. The van der Waals surface area contributed by atoms with Crippen LogP contribution in [-0.2, 0) is 4.74 Å². The van der Waals surface area contributed by atoms with Gasteiger partial charge in [0.1, 0.15) is 17.1 Å². The Balaban J connectivity index is 2.03. The van der Waals surface area contributed by atoms with E-state index in [9.17, 15) is 9.90 Å². The monoisotopic (exact) mass is 338 g/mol. The van der Waals surface area contributed by atoms with Gasteiger partial charge in [-0.1, -0.05) is 30.3 Å². The summed E-state index contributed by atoms with van der Waals surface area (Å²) in [5.74, 6) is -0.591. The van der Waals surface area contributed by atoms with Crippen molar-refractivity contribution in [2.75, 3.05) is 7.11 Å². The number of phenols is 1. The number of rotatable bonds is 2. The fourth-order valence-electron chi connectivity index (χ4n) is 3.41. The number of methoxy groups -OCH3 is 1. The Morgan fingerprint density at radius 2 is 1.96 bits per heavy atom. The van der Waals surface area contributed by atoms with Crippen LogP contribution in [0.2, 0.25) is 0 Å². The van der Waals surface area contributed by atoms with Crippen molar-refractivity contribution in [1.82, 2.24) is 0 Å². The Hall–Kier alpha value is -2.79. The molecular formula is C20H18O5. The van der Waals surface area contributed by atoms with E-state index in [1.54, 1.807) is 19.2 Å². The number of hydrogen-bond acceptors (Lipinski definition) is 5. The first-order valence-electron chi connectivity index (χ1n) is 8.09. The van der Waals surface area contributed by atoms with Crippen molar-refractivity contribution in [1.29, 1.82) is 0 Å². The van der Waals surface area contributed by atoms with E-state index < -0.39 is 11.4 Å². The minimum absolute atomic E-state index is 0.0283. The molecule has 0 bridgehead atoms. The van der Waals surface area contributed by atoms with Crippen LogP contribution in [0.15, 0.2) is 57.7 Å². The highest BCUT2D eigenvalue weighted by Crippen LogP contribution is 2.46. The molecule has 0 fully saturated rings. The Bertz CT molecular complexity index is 992. The molecule has 1 N–H and O–H groups in total. The lowest BCUT2D eigenvalue weighted by molar-refractivity contribution is -0.163. The van der Waals surface area contributed by atoms with Crippen LogP contribution >= 0.6 is 0 Å². The van der Waals surface area contributed by atoms with E-state index in [0.717, 1.165) is 5.56 Å². The quantitative estimate of drug-likeness (QED) is 0.720. The summed E-state index contributed by atoms with van der Waals surface area (Å²) in [5.41, 5.74) is 1.32. The molecule has 1 aliphatic rings. The highest BCUT2D eigenvalue weighted by Gasteiger charge is 2.41. The van der Waals surface area contributed by atoms with Crippen LogP contribution < -0.4 is 10.4 Å². The molecular weight excluding hydrogens is 320 g/mol. The van der Waals surface area contributed by atoms with Crippen LogP contribution in [0, 0.1) is 0 Å². The third kappa shape index (κ3) is 2.57. The Morgan fingerprint density at radius 1 is 1.20 bits per heavy atom. The average molecular weight is 338 g/mol. The lowest BCUT2D eigenvalue weighted by Crippen LogP contribution is -2.41. The third-order valence-electron chi connectivity index (χ3n) is 4.75. The van der Waals surface area contributed by atoms with Crippen LogP contribution in [0.1, 0.15) is 30.4 Å². The molecule has 25 heavy (non-hydrogen) atoms. The summed E-state index contributed by atoms with van der Waals surface area (Å²) in [7, 11) is 1.59. The SMILES string of the molecule is COC1(C)C[C@H](c2ccccc2)c2c(c3ccc(O)cc3oc2=O)O1. The standard InChI is InChI=1S/C20H18O5/c1-20(23-2)11-15(12-6-4-3-5-7-12)17-18(25-20)14-9-8-13(21)10-16(14)24-19(17)22/h3-10,15,21H,11H2,1-2H3/t15-,20?/m1/s1. The molecule has 2 heterocycles. The van der Waals surface area contributed by atoms with E-state index in [0.29, 0.717) is 23.1 Å².